The molecule has 0 saturated carbocycles. The third-order valence-corrected chi connectivity index (χ3v) is 6.09. The van der Waals surface area contributed by atoms with Crippen LogP contribution in [0.2, 0.25) is 5.02 Å². The first-order valence-electron chi connectivity index (χ1n) is 12.4. The summed E-state index contributed by atoms with van der Waals surface area (Å²) in [6, 6.07) is 12.7. The SMILES string of the molecule is O=C(Oc1cn(CCc2cccnc2)c(=O)nc1OCCc1ccc(Oc2ccc(Cl)c(C(F)(F)F)c2)cc1)C(F)(F)F. The number of ether oxygens (including phenoxy) is 3. The number of carbonyl (C=O) groups excluding carboxylic acids is 1. The third-order valence-electron chi connectivity index (χ3n) is 5.76. The van der Waals surface area contributed by atoms with Crippen molar-refractivity contribution in [3.8, 4) is 23.1 Å². The molecule has 2 heterocycles. The fourth-order valence-corrected chi connectivity index (χ4v) is 3.88. The number of nitrogens with zero attached hydrogens (tertiary/aromatic N) is 3. The quantitative estimate of drug-likeness (QED) is 0.148. The second kappa shape index (κ2) is 13.2. The van der Waals surface area contributed by atoms with Crippen LogP contribution in [0.5, 0.6) is 23.1 Å². The van der Waals surface area contributed by atoms with Crippen molar-refractivity contribution in [2.75, 3.05) is 6.61 Å². The zero-order valence-electron chi connectivity index (χ0n) is 21.8. The van der Waals surface area contributed by atoms with Crippen LogP contribution in [0.3, 0.4) is 0 Å². The minimum Gasteiger partial charge on any atom is -0.475 e. The molecule has 0 saturated heterocycles. The lowest BCUT2D eigenvalue weighted by molar-refractivity contribution is -0.189. The fraction of sp³-hybridized carbons (Fsp3) is 0.214. The van der Waals surface area contributed by atoms with E-state index in [0.717, 1.165) is 28.5 Å². The van der Waals surface area contributed by atoms with Crippen LogP contribution in [0, 0.1) is 0 Å². The summed E-state index contributed by atoms with van der Waals surface area (Å²) in [5.41, 5.74) is -0.504. The fourth-order valence-electron chi connectivity index (χ4n) is 3.66. The molecule has 43 heavy (non-hydrogen) atoms. The van der Waals surface area contributed by atoms with Crippen LogP contribution in [0.1, 0.15) is 16.7 Å². The highest BCUT2D eigenvalue weighted by atomic mass is 35.5. The first-order valence-corrected chi connectivity index (χ1v) is 12.7. The molecular weight excluding hydrogens is 608 g/mol. The second-order valence-corrected chi connectivity index (χ2v) is 9.28. The van der Waals surface area contributed by atoms with Gasteiger partial charge in [-0.3, -0.25) is 9.55 Å². The van der Waals surface area contributed by atoms with Crippen molar-refractivity contribution in [1.29, 1.82) is 0 Å². The molecule has 2 aromatic carbocycles. The molecule has 0 atom stereocenters. The van der Waals surface area contributed by atoms with Crippen LogP contribution in [0.25, 0.3) is 0 Å². The summed E-state index contributed by atoms with van der Waals surface area (Å²) < 4.78 is 94.2. The van der Waals surface area contributed by atoms with Crippen molar-refractivity contribution < 1.29 is 45.3 Å². The van der Waals surface area contributed by atoms with E-state index in [1.165, 1.54) is 18.2 Å². The van der Waals surface area contributed by atoms with Crippen molar-refractivity contribution in [3.05, 3.63) is 105 Å². The standard InChI is InChI=1S/C28H20ClF6N3O5/c29-22-8-7-20(14-21(22)27(30,31)32)42-19-5-3-17(4-6-19)10-13-41-24-23(43-25(39)28(33,34)35)16-38(26(40)37-24)12-9-18-2-1-11-36-15-18/h1-8,11,14-16H,9-10,12-13H2. The van der Waals surface area contributed by atoms with Gasteiger partial charge in [-0.15, -0.1) is 0 Å². The van der Waals surface area contributed by atoms with Crippen molar-refractivity contribution in [1.82, 2.24) is 14.5 Å². The number of esters is 1. The molecule has 0 bridgehead atoms. The van der Waals surface area contributed by atoms with Crippen LogP contribution in [0.4, 0.5) is 26.3 Å². The Bertz CT molecular complexity index is 1630. The minimum absolute atomic E-state index is 0.0103. The zero-order valence-corrected chi connectivity index (χ0v) is 22.5. The van der Waals surface area contributed by atoms with Gasteiger partial charge in [0.05, 0.1) is 23.4 Å². The number of hydrogen-bond donors (Lipinski definition) is 0. The minimum atomic E-state index is -5.31. The van der Waals surface area contributed by atoms with Gasteiger partial charge in [-0.05, 0) is 53.9 Å². The van der Waals surface area contributed by atoms with Gasteiger partial charge >= 0.3 is 24.0 Å². The number of halogens is 7. The van der Waals surface area contributed by atoms with Gasteiger partial charge in [0, 0.05) is 25.4 Å². The van der Waals surface area contributed by atoms with Crippen LogP contribution in [-0.2, 0) is 30.4 Å². The number of alkyl halides is 6. The highest BCUT2D eigenvalue weighted by Crippen LogP contribution is 2.37. The van der Waals surface area contributed by atoms with Crippen LogP contribution in [0.15, 0.2) is 78.0 Å². The molecule has 4 aromatic rings. The molecule has 4 rings (SSSR count). The summed E-state index contributed by atoms with van der Waals surface area (Å²) in [4.78, 5) is 31.6. The Morgan fingerprint density at radius 3 is 2.30 bits per heavy atom. The van der Waals surface area contributed by atoms with E-state index in [0.29, 0.717) is 12.0 Å². The molecule has 0 radical (unpaired) electrons. The van der Waals surface area contributed by atoms with Gasteiger partial charge < -0.3 is 14.2 Å². The maximum Gasteiger partial charge on any atom is 0.491 e. The Balaban J connectivity index is 1.43. The molecular formula is C28H20ClF6N3O5. The molecule has 0 spiro atoms. The van der Waals surface area contributed by atoms with Gasteiger partial charge in [0.1, 0.15) is 11.5 Å². The van der Waals surface area contributed by atoms with E-state index >= 15 is 0 Å². The van der Waals surface area contributed by atoms with E-state index in [4.69, 9.17) is 21.1 Å². The maximum absolute atomic E-state index is 13.1. The molecule has 0 aliphatic heterocycles. The predicted molar refractivity (Wildman–Crippen MR) is 140 cm³/mol. The number of hydrogen-bond acceptors (Lipinski definition) is 7. The zero-order chi connectivity index (χ0) is 31.2. The normalized spacial score (nSPS) is 11.7. The highest BCUT2D eigenvalue weighted by Gasteiger charge is 2.42. The van der Waals surface area contributed by atoms with E-state index in [9.17, 15) is 35.9 Å². The monoisotopic (exact) mass is 627 g/mol. The lowest BCUT2D eigenvalue weighted by Crippen LogP contribution is -2.30. The smallest absolute Gasteiger partial charge is 0.475 e. The number of aromatic nitrogens is 3. The molecule has 2 aromatic heterocycles. The number of pyridine rings is 1. The van der Waals surface area contributed by atoms with Crippen molar-refractivity contribution >= 4 is 17.6 Å². The largest absolute Gasteiger partial charge is 0.491 e. The lowest BCUT2D eigenvalue weighted by Gasteiger charge is -2.14. The van der Waals surface area contributed by atoms with E-state index in [2.05, 4.69) is 14.7 Å². The summed E-state index contributed by atoms with van der Waals surface area (Å²) in [5, 5.41) is -0.469. The molecule has 8 nitrogen and oxygen atoms in total. The van der Waals surface area contributed by atoms with Crippen LogP contribution in [-0.4, -0.2) is 33.3 Å². The van der Waals surface area contributed by atoms with Gasteiger partial charge in [0.2, 0.25) is 5.75 Å². The first kappa shape index (κ1) is 31.3. The second-order valence-electron chi connectivity index (χ2n) is 8.87. The molecule has 0 fully saturated rings. The summed E-state index contributed by atoms with van der Waals surface area (Å²) in [5.74, 6) is -3.69. The maximum atomic E-state index is 13.1. The molecule has 15 heteroatoms. The van der Waals surface area contributed by atoms with Crippen LogP contribution >= 0.6 is 11.6 Å². The van der Waals surface area contributed by atoms with Gasteiger partial charge in [-0.25, -0.2) is 9.59 Å². The third kappa shape index (κ3) is 8.70. The van der Waals surface area contributed by atoms with Crippen molar-refractivity contribution in [2.24, 2.45) is 0 Å². The highest BCUT2D eigenvalue weighted by molar-refractivity contribution is 6.31. The molecule has 0 aliphatic rings. The average Bonchev–Trinajstić information content (AvgIpc) is 2.95. The van der Waals surface area contributed by atoms with E-state index in [1.54, 1.807) is 36.7 Å². The molecule has 0 N–H and O–H groups in total. The predicted octanol–water partition coefficient (Wildman–Crippen LogP) is 6.43. The summed E-state index contributed by atoms with van der Waals surface area (Å²) in [6.07, 6.45) is -5.48. The Morgan fingerprint density at radius 1 is 0.930 bits per heavy atom. The number of carbonyl (C=O) groups is 1. The van der Waals surface area contributed by atoms with E-state index < -0.39 is 46.2 Å². The molecule has 0 aliphatic carbocycles. The number of rotatable bonds is 10. The number of aryl methyl sites for hydroxylation is 2. The Labute approximate surface area is 244 Å². The average molecular weight is 628 g/mol. The summed E-state index contributed by atoms with van der Waals surface area (Å²) in [7, 11) is 0. The van der Waals surface area contributed by atoms with Gasteiger partial charge in [0.15, 0.2) is 0 Å². The molecule has 226 valence electrons. The van der Waals surface area contributed by atoms with Gasteiger partial charge in [0.25, 0.3) is 5.88 Å². The van der Waals surface area contributed by atoms with Crippen molar-refractivity contribution in [2.45, 2.75) is 31.7 Å². The molecule has 0 unspecified atom stereocenters. The van der Waals surface area contributed by atoms with Gasteiger partial charge in [-0.1, -0.05) is 29.8 Å². The Morgan fingerprint density at radius 2 is 1.65 bits per heavy atom. The van der Waals surface area contributed by atoms with Crippen molar-refractivity contribution in [3.63, 3.8) is 0 Å². The van der Waals surface area contributed by atoms with Gasteiger partial charge in [-0.2, -0.15) is 31.3 Å². The Hall–Kier alpha value is -4.59. The number of benzene rings is 2. The first-order chi connectivity index (χ1) is 20.3. The lowest BCUT2D eigenvalue weighted by atomic mass is 10.1. The summed E-state index contributed by atoms with van der Waals surface area (Å²) in [6.45, 7) is -0.175. The Kier molecular flexibility index (Phi) is 9.59. The molecule has 0 amide bonds. The van der Waals surface area contributed by atoms with Crippen LogP contribution < -0.4 is 19.9 Å². The van der Waals surface area contributed by atoms with E-state index in [1.807, 2.05) is 0 Å². The van der Waals surface area contributed by atoms with E-state index in [-0.39, 0.29) is 31.1 Å². The summed E-state index contributed by atoms with van der Waals surface area (Å²) >= 11 is 5.62. The topological polar surface area (TPSA) is 92.5 Å².